The minimum Gasteiger partial charge on any atom is -0.364 e. The second-order valence-corrected chi connectivity index (χ2v) is 7.66. The number of carbonyl (C=O) groups excluding carboxylic acids is 1. The Morgan fingerprint density at radius 1 is 1.30 bits per heavy atom. The molecule has 2 aromatic heterocycles. The van der Waals surface area contributed by atoms with Gasteiger partial charge in [-0.3, -0.25) is 9.69 Å². The monoisotopic (exact) mass is 332 g/mol. The molecule has 23 heavy (non-hydrogen) atoms. The Hall–Kier alpha value is -1.73. The van der Waals surface area contributed by atoms with Crippen LogP contribution in [0.25, 0.3) is 0 Å². The van der Waals surface area contributed by atoms with Gasteiger partial charge in [-0.15, -0.1) is 11.3 Å². The molecule has 4 heterocycles. The van der Waals surface area contributed by atoms with Crippen molar-refractivity contribution in [2.45, 2.75) is 20.4 Å². The van der Waals surface area contributed by atoms with Gasteiger partial charge in [-0.2, -0.15) is 0 Å². The Labute approximate surface area is 139 Å². The van der Waals surface area contributed by atoms with E-state index in [1.165, 1.54) is 12.0 Å². The molecular formula is C16H20N4O2S. The summed E-state index contributed by atoms with van der Waals surface area (Å²) in [6, 6.07) is 0. The standard InChI is InChI=1S/C16H20N4O2S/c1-10-15(8-22-18-10)16(21)20-5-12-3-19(4-13(12)6-20)7-14-9-23-11(2)17-14/h8-9,12-13H,3-7H2,1-2H3. The molecule has 2 unspecified atom stereocenters. The molecule has 2 aromatic rings. The van der Waals surface area contributed by atoms with E-state index in [2.05, 4.69) is 20.4 Å². The molecule has 2 fully saturated rings. The van der Waals surface area contributed by atoms with Crippen LogP contribution in [0.2, 0.25) is 0 Å². The van der Waals surface area contributed by atoms with Gasteiger partial charge < -0.3 is 9.42 Å². The molecule has 6 nitrogen and oxygen atoms in total. The van der Waals surface area contributed by atoms with Crippen LogP contribution in [0.1, 0.15) is 26.8 Å². The van der Waals surface area contributed by atoms with Crippen molar-refractivity contribution in [3.8, 4) is 0 Å². The van der Waals surface area contributed by atoms with Crippen LogP contribution >= 0.6 is 11.3 Å². The number of likely N-dealkylation sites (tertiary alicyclic amines) is 2. The van der Waals surface area contributed by atoms with Crippen LogP contribution in [0.3, 0.4) is 0 Å². The lowest BCUT2D eigenvalue weighted by Crippen LogP contribution is -2.33. The van der Waals surface area contributed by atoms with Gasteiger partial charge in [0, 0.05) is 38.1 Å². The topological polar surface area (TPSA) is 62.5 Å². The number of aromatic nitrogens is 2. The third-order valence-corrected chi connectivity index (χ3v) is 5.70. The number of carbonyl (C=O) groups is 1. The molecule has 0 saturated carbocycles. The number of hydrogen-bond acceptors (Lipinski definition) is 6. The molecule has 0 aliphatic carbocycles. The summed E-state index contributed by atoms with van der Waals surface area (Å²) in [6.45, 7) is 8.55. The van der Waals surface area contributed by atoms with Gasteiger partial charge in [0.2, 0.25) is 0 Å². The highest BCUT2D eigenvalue weighted by Gasteiger charge is 2.42. The first kappa shape index (κ1) is 14.8. The van der Waals surface area contributed by atoms with E-state index in [1.807, 2.05) is 18.7 Å². The molecule has 0 radical (unpaired) electrons. The van der Waals surface area contributed by atoms with E-state index in [0.717, 1.165) is 37.7 Å². The molecule has 1 amide bonds. The average molecular weight is 332 g/mol. The van der Waals surface area contributed by atoms with Crippen molar-refractivity contribution in [1.29, 1.82) is 0 Å². The Bertz CT molecular complexity index is 711. The number of rotatable bonds is 3. The number of amides is 1. The predicted octanol–water partition coefficient (Wildman–Crippen LogP) is 1.95. The zero-order valence-electron chi connectivity index (χ0n) is 13.4. The van der Waals surface area contributed by atoms with E-state index in [9.17, 15) is 4.79 Å². The fraction of sp³-hybridized carbons (Fsp3) is 0.562. The molecule has 122 valence electrons. The Morgan fingerprint density at radius 3 is 2.61 bits per heavy atom. The average Bonchev–Trinajstić information content (AvgIpc) is 3.23. The summed E-state index contributed by atoms with van der Waals surface area (Å²) in [4.78, 5) is 21.5. The molecule has 2 aliphatic heterocycles. The van der Waals surface area contributed by atoms with Gasteiger partial charge >= 0.3 is 0 Å². The van der Waals surface area contributed by atoms with Gasteiger partial charge in [0.15, 0.2) is 0 Å². The SMILES string of the molecule is Cc1nc(CN2CC3CN(C(=O)c4conc4C)CC3C2)cs1. The molecule has 2 aliphatic rings. The lowest BCUT2D eigenvalue weighted by Gasteiger charge is -2.20. The van der Waals surface area contributed by atoms with Crippen molar-refractivity contribution in [1.82, 2.24) is 19.9 Å². The van der Waals surface area contributed by atoms with E-state index in [1.54, 1.807) is 11.3 Å². The number of thiazole rings is 1. The highest BCUT2D eigenvalue weighted by molar-refractivity contribution is 7.09. The smallest absolute Gasteiger partial charge is 0.259 e. The summed E-state index contributed by atoms with van der Waals surface area (Å²) in [6.07, 6.45) is 1.46. The molecule has 7 heteroatoms. The molecule has 0 spiro atoms. The molecule has 2 atom stereocenters. The van der Waals surface area contributed by atoms with E-state index < -0.39 is 0 Å². The molecule has 0 aromatic carbocycles. The van der Waals surface area contributed by atoms with Crippen LogP contribution in [0.5, 0.6) is 0 Å². The van der Waals surface area contributed by atoms with Crippen molar-refractivity contribution in [2.24, 2.45) is 11.8 Å². The van der Waals surface area contributed by atoms with E-state index in [4.69, 9.17) is 4.52 Å². The highest BCUT2D eigenvalue weighted by Crippen LogP contribution is 2.33. The van der Waals surface area contributed by atoms with Crippen LogP contribution in [-0.4, -0.2) is 52.0 Å². The van der Waals surface area contributed by atoms with Gasteiger partial charge in [-0.1, -0.05) is 5.16 Å². The maximum absolute atomic E-state index is 12.5. The number of fused-ring (bicyclic) bond motifs is 1. The van der Waals surface area contributed by atoms with Crippen LogP contribution in [0.15, 0.2) is 16.2 Å². The number of nitrogens with zero attached hydrogens (tertiary/aromatic N) is 4. The molecular weight excluding hydrogens is 312 g/mol. The van der Waals surface area contributed by atoms with Gasteiger partial charge in [0.1, 0.15) is 11.8 Å². The first-order valence-corrected chi connectivity index (χ1v) is 8.81. The lowest BCUT2D eigenvalue weighted by molar-refractivity contribution is 0.0772. The summed E-state index contributed by atoms with van der Waals surface area (Å²) in [5, 5.41) is 7.08. The van der Waals surface area contributed by atoms with Crippen LogP contribution in [0, 0.1) is 25.7 Å². The third kappa shape index (κ3) is 2.79. The molecule has 0 N–H and O–H groups in total. The summed E-state index contributed by atoms with van der Waals surface area (Å²) >= 11 is 1.71. The van der Waals surface area contributed by atoms with Crippen molar-refractivity contribution in [2.75, 3.05) is 26.2 Å². The Kier molecular flexibility index (Phi) is 3.69. The van der Waals surface area contributed by atoms with Gasteiger partial charge in [0.05, 0.1) is 16.4 Å². The molecule has 0 bridgehead atoms. The molecule has 2 saturated heterocycles. The van der Waals surface area contributed by atoms with Crippen molar-refractivity contribution in [3.63, 3.8) is 0 Å². The maximum atomic E-state index is 12.5. The Balaban J connectivity index is 1.36. The van der Waals surface area contributed by atoms with Gasteiger partial charge in [-0.05, 0) is 25.7 Å². The largest absolute Gasteiger partial charge is 0.364 e. The minimum atomic E-state index is 0.0554. The highest BCUT2D eigenvalue weighted by atomic mass is 32.1. The summed E-state index contributed by atoms with van der Waals surface area (Å²) in [5.74, 6) is 1.19. The van der Waals surface area contributed by atoms with Crippen LogP contribution in [-0.2, 0) is 6.54 Å². The second-order valence-electron chi connectivity index (χ2n) is 6.60. The summed E-state index contributed by atoms with van der Waals surface area (Å²) in [5.41, 5.74) is 2.44. The van der Waals surface area contributed by atoms with E-state index >= 15 is 0 Å². The third-order valence-electron chi connectivity index (χ3n) is 4.88. The predicted molar refractivity (Wildman–Crippen MR) is 86.3 cm³/mol. The van der Waals surface area contributed by atoms with Gasteiger partial charge in [-0.25, -0.2) is 4.98 Å². The zero-order chi connectivity index (χ0) is 16.0. The zero-order valence-corrected chi connectivity index (χ0v) is 14.2. The van der Waals surface area contributed by atoms with Crippen LogP contribution < -0.4 is 0 Å². The molecule has 4 rings (SSSR count). The normalized spacial score (nSPS) is 24.3. The maximum Gasteiger partial charge on any atom is 0.259 e. The first-order valence-electron chi connectivity index (χ1n) is 7.94. The van der Waals surface area contributed by atoms with Gasteiger partial charge in [0.25, 0.3) is 5.91 Å². The Morgan fingerprint density at radius 2 is 2.04 bits per heavy atom. The van der Waals surface area contributed by atoms with Crippen molar-refractivity contribution < 1.29 is 9.32 Å². The minimum absolute atomic E-state index is 0.0554. The summed E-state index contributed by atoms with van der Waals surface area (Å²) in [7, 11) is 0. The fourth-order valence-corrected chi connectivity index (χ4v) is 4.37. The van der Waals surface area contributed by atoms with Crippen molar-refractivity contribution >= 4 is 17.2 Å². The van der Waals surface area contributed by atoms with E-state index in [-0.39, 0.29) is 5.91 Å². The first-order chi connectivity index (χ1) is 11.1. The fourth-order valence-electron chi connectivity index (χ4n) is 3.76. The number of aryl methyl sites for hydroxylation is 2. The quantitative estimate of drug-likeness (QED) is 0.860. The van der Waals surface area contributed by atoms with E-state index in [0.29, 0.717) is 23.1 Å². The second kappa shape index (κ2) is 5.72. The lowest BCUT2D eigenvalue weighted by atomic mass is 10.0. The van der Waals surface area contributed by atoms with Crippen molar-refractivity contribution in [3.05, 3.63) is 33.6 Å². The summed E-state index contributed by atoms with van der Waals surface area (Å²) < 4.78 is 4.89. The van der Waals surface area contributed by atoms with Crippen LogP contribution in [0.4, 0.5) is 0 Å². The number of hydrogen-bond donors (Lipinski definition) is 0.